The first kappa shape index (κ1) is 21.9. The van der Waals surface area contributed by atoms with Crippen molar-refractivity contribution in [3.63, 3.8) is 0 Å². The summed E-state index contributed by atoms with van der Waals surface area (Å²) in [7, 11) is 0. The molecule has 1 spiro atoms. The lowest BCUT2D eigenvalue weighted by atomic mass is 9.67. The maximum absolute atomic E-state index is 10.9. The van der Waals surface area contributed by atoms with Crippen LogP contribution in [0.25, 0.3) is 0 Å². The molecular formula is C20H42N2O2. The van der Waals surface area contributed by atoms with Gasteiger partial charge in [0.1, 0.15) is 0 Å². The summed E-state index contributed by atoms with van der Waals surface area (Å²) < 4.78 is 0. The summed E-state index contributed by atoms with van der Waals surface area (Å²) in [6.07, 6.45) is 14.5. The Bertz CT molecular complexity index is 314. The number of hydroxylamine groups is 2. The third-order valence-electron chi connectivity index (χ3n) is 6.10. The highest BCUT2D eigenvalue weighted by Crippen LogP contribution is 2.47. The first-order chi connectivity index (χ1) is 11.5. The summed E-state index contributed by atoms with van der Waals surface area (Å²) in [5.41, 5.74) is 6.27. The van der Waals surface area contributed by atoms with Crippen LogP contribution in [0.3, 0.4) is 0 Å². The average molecular weight is 343 g/mol. The molecule has 4 nitrogen and oxygen atoms in total. The molecule has 1 saturated heterocycles. The standard InChI is InChI=1S/C15H30N2O.C5H12O/c1-3-8-14(4-2)11-13(16)12-15(17(14)18)9-6-5-7-10-15;1-2-3-4-5-6/h13,18H,3-12,16H2,1-2H3;6H,2-5H2,1H3. The van der Waals surface area contributed by atoms with E-state index in [1.54, 1.807) is 5.06 Å². The second-order valence-corrected chi connectivity index (χ2v) is 8.02. The van der Waals surface area contributed by atoms with E-state index < -0.39 is 0 Å². The molecule has 2 rings (SSSR count). The number of nitrogens with zero attached hydrogens (tertiary/aromatic N) is 1. The van der Waals surface area contributed by atoms with Crippen molar-refractivity contribution in [3.8, 4) is 0 Å². The quantitative estimate of drug-likeness (QED) is 0.616. The second-order valence-electron chi connectivity index (χ2n) is 8.02. The Kier molecular flexibility index (Phi) is 9.80. The van der Waals surface area contributed by atoms with Crippen molar-refractivity contribution in [2.24, 2.45) is 5.73 Å². The third kappa shape index (κ3) is 5.42. The molecule has 144 valence electrons. The van der Waals surface area contributed by atoms with Gasteiger partial charge >= 0.3 is 0 Å². The number of piperidine rings is 1. The van der Waals surface area contributed by atoms with Crippen molar-refractivity contribution in [3.05, 3.63) is 0 Å². The molecule has 1 heterocycles. The Morgan fingerprint density at radius 2 is 1.67 bits per heavy atom. The van der Waals surface area contributed by atoms with Crippen molar-refractivity contribution < 1.29 is 10.3 Å². The molecule has 1 aliphatic heterocycles. The summed E-state index contributed by atoms with van der Waals surface area (Å²) in [6, 6.07) is 0.262. The van der Waals surface area contributed by atoms with E-state index in [0.717, 1.165) is 57.8 Å². The van der Waals surface area contributed by atoms with Crippen LogP contribution in [0.1, 0.15) is 104 Å². The van der Waals surface area contributed by atoms with Crippen LogP contribution in [-0.2, 0) is 0 Å². The van der Waals surface area contributed by atoms with Gasteiger partial charge in [-0.25, -0.2) is 0 Å². The Morgan fingerprint density at radius 1 is 1.00 bits per heavy atom. The SMILES string of the molecule is CCCC1(CC)CC(N)CC2(CCCCC2)N1O.CCCCCO. The van der Waals surface area contributed by atoms with Gasteiger partial charge in [0.05, 0.1) is 0 Å². The van der Waals surface area contributed by atoms with Crippen LogP contribution in [0.2, 0.25) is 0 Å². The molecule has 2 atom stereocenters. The second kappa shape index (κ2) is 10.7. The molecule has 2 fully saturated rings. The number of aliphatic hydroxyl groups excluding tert-OH is 1. The monoisotopic (exact) mass is 342 g/mol. The molecule has 2 aliphatic rings. The lowest BCUT2D eigenvalue weighted by Gasteiger charge is -2.57. The summed E-state index contributed by atoms with van der Waals surface area (Å²) >= 11 is 0. The van der Waals surface area contributed by atoms with Gasteiger partial charge in [-0.1, -0.05) is 59.3 Å². The minimum atomic E-state index is -0.0657. The van der Waals surface area contributed by atoms with E-state index in [1.165, 1.54) is 25.7 Å². The molecule has 0 aromatic carbocycles. The largest absolute Gasteiger partial charge is 0.396 e. The van der Waals surface area contributed by atoms with Crippen LogP contribution in [0.4, 0.5) is 0 Å². The van der Waals surface area contributed by atoms with Gasteiger partial charge in [-0.3, -0.25) is 0 Å². The van der Waals surface area contributed by atoms with E-state index in [9.17, 15) is 5.21 Å². The lowest BCUT2D eigenvalue weighted by Crippen LogP contribution is -2.66. The van der Waals surface area contributed by atoms with E-state index in [2.05, 4.69) is 20.8 Å². The van der Waals surface area contributed by atoms with Gasteiger partial charge in [-0.15, -0.1) is 0 Å². The summed E-state index contributed by atoms with van der Waals surface area (Å²) in [6.45, 7) is 6.88. The van der Waals surface area contributed by atoms with E-state index in [0.29, 0.717) is 6.61 Å². The normalized spacial score (nSPS) is 30.0. The first-order valence-corrected chi connectivity index (χ1v) is 10.4. The van der Waals surface area contributed by atoms with E-state index in [1.807, 2.05) is 0 Å². The number of aliphatic hydroxyl groups is 1. The van der Waals surface area contributed by atoms with Crippen LogP contribution in [0.15, 0.2) is 0 Å². The van der Waals surface area contributed by atoms with Gasteiger partial charge in [-0.2, -0.15) is 5.06 Å². The fraction of sp³-hybridized carbons (Fsp3) is 1.00. The predicted octanol–water partition coefficient (Wildman–Crippen LogP) is 4.62. The molecule has 1 saturated carbocycles. The number of unbranched alkanes of at least 4 members (excludes halogenated alkanes) is 2. The molecule has 0 bridgehead atoms. The highest BCUT2D eigenvalue weighted by Gasteiger charge is 2.52. The average Bonchev–Trinajstić information content (AvgIpc) is 2.59. The highest BCUT2D eigenvalue weighted by atomic mass is 16.5. The van der Waals surface area contributed by atoms with Crippen LogP contribution in [-0.4, -0.2) is 39.1 Å². The van der Waals surface area contributed by atoms with Crippen LogP contribution in [0.5, 0.6) is 0 Å². The molecule has 2 unspecified atom stereocenters. The molecule has 0 radical (unpaired) electrons. The van der Waals surface area contributed by atoms with Gasteiger partial charge in [0.2, 0.25) is 0 Å². The summed E-state index contributed by atoms with van der Waals surface area (Å²) in [4.78, 5) is 0. The Morgan fingerprint density at radius 3 is 2.12 bits per heavy atom. The predicted molar refractivity (Wildman–Crippen MR) is 101 cm³/mol. The fourth-order valence-electron chi connectivity index (χ4n) is 4.86. The molecule has 1 aliphatic carbocycles. The maximum Gasteiger partial charge on any atom is 0.0481 e. The van der Waals surface area contributed by atoms with Gasteiger partial charge in [-0.05, 0) is 44.9 Å². The smallest absolute Gasteiger partial charge is 0.0481 e. The molecule has 0 aromatic rings. The molecule has 4 heteroatoms. The number of nitrogens with two attached hydrogens (primary N) is 1. The topological polar surface area (TPSA) is 69.7 Å². The Hall–Kier alpha value is -0.160. The van der Waals surface area contributed by atoms with Crippen molar-refractivity contribution in [1.29, 1.82) is 0 Å². The zero-order chi connectivity index (χ0) is 18.1. The minimum Gasteiger partial charge on any atom is -0.396 e. The minimum absolute atomic E-state index is 0.0128. The van der Waals surface area contributed by atoms with Crippen LogP contribution < -0.4 is 5.73 Å². The van der Waals surface area contributed by atoms with Crippen LogP contribution in [0, 0.1) is 0 Å². The van der Waals surface area contributed by atoms with Gasteiger partial charge in [0.15, 0.2) is 0 Å². The Labute approximate surface area is 149 Å². The number of hydrogen-bond acceptors (Lipinski definition) is 4. The van der Waals surface area contributed by atoms with Crippen molar-refractivity contribution in [2.75, 3.05) is 6.61 Å². The van der Waals surface area contributed by atoms with E-state index >= 15 is 0 Å². The zero-order valence-corrected chi connectivity index (χ0v) is 16.4. The van der Waals surface area contributed by atoms with Gasteiger partial charge < -0.3 is 16.0 Å². The van der Waals surface area contributed by atoms with E-state index in [4.69, 9.17) is 10.8 Å². The van der Waals surface area contributed by atoms with Crippen molar-refractivity contribution in [2.45, 2.75) is 121 Å². The van der Waals surface area contributed by atoms with E-state index in [-0.39, 0.29) is 17.1 Å². The number of rotatable bonds is 6. The summed E-state index contributed by atoms with van der Waals surface area (Å²) in [5.74, 6) is 0. The van der Waals surface area contributed by atoms with Crippen molar-refractivity contribution >= 4 is 0 Å². The number of hydrogen-bond donors (Lipinski definition) is 3. The third-order valence-corrected chi connectivity index (χ3v) is 6.10. The molecular weight excluding hydrogens is 300 g/mol. The first-order valence-electron chi connectivity index (χ1n) is 10.4. The van der Waals surface area contributed by atoms with Crippen LogP contribution >= 0.6 is 0 Å². The maximum atomic E-state index is 10.9. The van der Waals surface area contributed by atoms with Gasteiger partial charge in [0.25, 0.3) is 0 Å². The Balaban J connectivity index is 0.000000413. The van der Waals surface area contributed by atoms with Crippen molar-refractivity contribution in [1.82, 2.24) is 5.06 Å². The summed E-state index contributed by atoms with van der Waals surface area (Å²) in [5, 5.41) is 20.9. The van der Waals surface area contributed by atoms with Gasteiger partial charge in [0, 0.05) is 23.7 Å². The highest BCUT2D eigenvalue weighted by molar-refractivity contribution is 5.06. The molecule has 4 N–H and O–H groups in total. The molecule has 0 aromatic heterocycles. The molecule has 24 heavy (non-hydrogen) atoms. The lowest BCUT2D eigenvalue weighted by molar-refractivity contribution is -0.275. The molecule has 0 amide bonds. The fourth-order valence-corrected chi connectivity index (χ4v) is 4.86. The zero-order valence-electron chi connectivity index (χ0n) is 16.4.